The van der Waals surface area contributed by atoms with Crippen LogP contribution in [0.1, 0.15) is 20.8 Å². The molecule has 1 heterocycles. The van der Waals surface area contributed by atoms with Gasteiger partial charge in [-0.15, -0.1) is 0 Å². The fraction of sp³-hybridized carbons (Fsp3) is 0.111. The number of aromatic nitrogens is 2. The van der Waals surface area contributed by atoms with E-state index in [1.54, 1.807) is 48.5 Å². The lowest BCUT2D eigenvalue weighted by Crippen LogP contribution is -2.35. The highest BCUT2D eigenvalue weighted by molar-refractivity contribution is 6.30. The van der Waals surface area contributed by atoms with Crippen LogP contribution in [0.3, 0.4) is 0 Å². The van der Waals surface area contributed by atoms with Crippen LogP contribution in [0, 0.1) is 0 Å². The molecule has 0 aliphatic rings. The van der Waals surface area contributed by atoms with Crippen molar-refractivity contribution in [2.24, 2.45) is 0 Å². The maximum absolute atomic E-state index is 12.3. The summed E-state index contributed by atoms with van der Waals surface area (Å²) in [5, 5.41) is 12.9. The number of hydrogen-bond acceptors (Lipinski definition) is 4. The summed E-state index contributed by atoms with van der Waals surface area (Å²) in [6, 6.07) is 13.2. The van der Waals surface area contributed by atoms with Gasteiger partial charge in [0.1, 0.15) is 0 Å². The second-order valence-corrected chi connectivity index (χ2v) is 5.90. The van der Waals surface area contributed by atoms with Crippen molar-refractivity contribution < 1.29 is 9.59 Å². The molecule has 0 bridgehead atoms. The highest BCUT2D eigenvalue weighted by atomic mass is 35.5. The number of H-pyrrole nitrogens is 1. The molecule has 0 spiro atoms. The van der Waals surface area contributed by atoms with Crippen molar-refractivity contribution in [1.29, 1.82) is 0 Å². The summed E-state index contributed by atoms with van der Waals surface area (Å²) >= 11 is 5.78. The first-order valence-corrected chi connectivity index (χ1v) is 8.23. The second kappa shape index (κ2) is 7.79. The summed E-state index contributed by atoms with van der Waals surface area (Å²) < 4.78 is 0. The molecule has 0 aliphatic heterocycles. The lowest BCUT2D eigenvalue weighted by molar-refractivity contribution is 0.0925. The number of halogens is 1. The molecule has 7 nitrogen and oxygen atoms in total. The monoisotopic (exact) mass is 370 g/mol. The molecule has 3 N–H and O–H groups in total. The molecule has 0 aliphatic carbocycles. The highest BCUT2D eigenvalue weighted by Gasteiger charge is 2.13. The van der Waals surface area contributed by atoms with Crippen molar-refractivity contribution in [2.45, 2.75) is 0 Å². The third kappa shape index (κ3) is 3.89. The minimum atomic E-state index is -0.432. The van der Waals surface area contributed by atoms with Crippen molar-refractivity contribution in [3.63, 3.8) is 0 Å². The maximum atomic E-state index is 12.3. The second-order valence-electron chi connectivity index (χ2n) is 5.47. The van der Waals surface area contributed by atoms with Crippen LogP contribution in [0.2, 0.25) is 5.02 Å². The molecule has 0 radical (unpaired) electrons. The van der Waals surface area contributed by atoms with Gasteiger partial charge in [0.05, 0.1) is 5.39 Å². The van der Waals surface area contributed by atoms with E-state index in [9.17, 15) is 14.4 Å². The number of aromatic amines is 1. The Morgan fingerprint density at radius 2 is 1.54 bits per heavy atom. The Labute approximate surface area is 153 Å². The van der Waals surface area contributed by atoms with Crippen LogP contribution in [-0.4, -0.2) is 35.1 Å². The van der Waals surface area contributed by atoms with E-state index in [1.807, 2.05) is 0 Å². The molecule has 0 fully saturated rings. The fourth-order valence-electron chi connectivity index (χ4n) is 2.43. The minimum Gasteiger partial charge on any atom is -0.350 e. The number of rotatable bonds is 5. The quantitative estimate of drug-likeness (QED) is 0.595. The third-order valence-electron chi connectivity index (χ3n) is 3.71. The first kappa shape index (κ1) is 17.6. The van der Waals surface area contributed by atoms with Crippen molar-refractivity contribution in [1.82, 2.24) is 20.8 Å². The van der Waals surface area contributed by atoms with Crippen molar-refractivity contribution >= 4 is 34.2 Å². The zero-order valence-corrected chi connectivity index (χ0v) is 14.3. The Morgan fingerprint density at radius 3 is 2.23 bits per heavy atom. The van der Waals surface area contributed by atoms with Gasteiger partial charge < -0.3 is 10.6 Å². The Bertz CT molecular complexity index is 1010. The van der Waals surface area contributed by atoms with Gasteiger partial charge in [-0.1, -0.05) is 29.8 Å². The molecule has 3 rings (SSSR count). The van der Waals surface area contributed by atoms with Crippen molar-refractivity contribution in [3.8, 4) is 0 Å². The van der Waals surface area contributed by atoms with Gasteiger partial charge in [-0.25, -0.2) is 5.10 Å². The van der Waals surface area contributed by atoms with E-state index in [2.05, 4.69) is 20.8 Å². The summed E-state index contributed by atoms with van der Waals surface area (Å²) in [6.45, 7) is 0.460. The Morgan fingerprint density at radius 1 is 0.923 bits per heavy atom. The van der Waals surface area contributed by atoms with Crippen molar-refractivity contribution in [2.75, 3.05) is 13.1 Å². The molecule has 0 saturated carbocycles. The van der Waals surface area contributed by atoms with Crippen LogP contribution < -0.4 is 16.2 Å². The van der Waals surface area contributed by atoms with Gasteiger partial charge in [-0.3, -0.25) is 14.4 Å². The molecule has 2 amide bonds. The fourth-order valence-corrected chi connectivity index (χ4v) is 2.55. The van der Waals surface area contributed by atoms with Crippen LogP contribution >= 0.6 is 11.6 Å². The molecule has 8 heteroatoms. The first-order chi connectivity index (χ1) is 12.6. The molecule has 2 aromatic carbocycles. The molecule has 0 unspecified atom stereocenters. The molecule has 26 heavy (non-hydrogen) atoms. The number of nitrogens with one attached hydrogen (secondary N) is 3. The van der Waals surface area contributed by atoms with E-state index < -0.39 is 5.91 Å². The standard InChI is InChI=1S/C18H15ClN4O3/c19-12-7-5-11(6-8-12)16(24)20-9-10-21-18(26)15-13-3-1-2-4-14(13)17(25)23-22-15/h1-8H,9-10H2,(H,20,24)(H,21,26)(H,23,25). The third-order valence-corrected chi connectivity index (χ3v) is 3.97. The topological polar surface area (TPSA) is 104 Å². The van der Waals surface area contributed by atoms with Gasteiger partial charge in [-0.05, 0) is 30.3 Å². The van der Waals surface area contributed by atoms with Crippen LogP contribution in [-0.2, 0) is 0 Å². The molecule has 0 atom stereocenters. The van der Waals surface area contributed by atoms with Crippen LogP contribution in [0.5, 0.6) is 0 Å². The number of benzene rings is 2. The van der Waals surface area contributed by atoms with Gasteiger partial charge in [-0.2, -0.15) is 5.10 Å². The van der Waals surface area contributed by atoms with Gasteiger partial charge in [0.2, 0.25) is 0 Å². The summed E-state index contributed by atoms with van der Waals surface area (Å²) in [4.78, 5) is 36.0. The minimum absolute atomic E-state index is 0.129. The van der Waals surface area contributed by atoms with E-state index in [1.165, 1.54) is 0 Å². The van der Waals surface area contributed by atoms with Crippen molar-refractivity contribution in [3.05, 3.63) is 75.2 Å². The number of nitrogens with zero attached hydrogens (tertiary/aromatic N) is 1. The van der Waals surface area contributed by atoms with E-state index in [4.69, 9.17) is 11.6 Å². The van der Waals surface area contributed by atoms with Gasteiger partial charge in [0.25, 0.3) is 17.4 Å². The van der Waals surface area contributed by atoms with Crippen LogP contribution in [0.4, 0.5) is 0 Å². The smallest absolute Gasteiger partial charge is 0.272 e. The Kier molecular flexibility index (Phi) is 5.28. The first-order valence-electron chi connectivity index (χ1n) is 7.85. The van der Waals surface area contributed by atoms with Crippen LogP contribution in [0.25, 0.3) is 10.8 Å². The summed E-state index contributed by atoms with van der Waals surface area (Å²) in [5.74, 6) is -0.693. The number of amides is 2. The predicted octanol–water partition coefficient (Wildman–Crippen LogP) is 1.74. The van der Waals surface area contributed by atoms with E-state index >= 15 is 0 Å². The van der Waals surface area contributed by atoms with E-state index in [0.717, 1.165) is 0 Å². The van der Waals surface area contributed by atoms with E-state index in [-0.39, 0.29) is 30.2 Å². The Hall–Kier alpha value is -3.19. The highest BCUT2D eigenvalue weighted by Crippen LogP contribution is 2.12. The number of carbonyl (C=O) groups is 2. The SMILES string of the molecule is O=C(NCCNC(=O)c1n[nH]c(=O)c2ccccc12)c1ccc(Cl)cc1. The Balaban J connectivity index is 1.58. The molecule has 132 valence electrons. The average Bonchev–Trinajstić information content (AvgIpc) is 2.66. The summed E-state index contributed by atoms with van der Waals surface area (Å²) in [5.41, 5.74) is 0.255. The summed E-state index contributed by atoms with van der Waals surface area (Å²) in [7, 11) is 0. The molecule has 1 aromatic heterocycles. The summed E-state index contributed by atoms with van der Waals surface area (Å²) in [6.07, 6.45) is 0. The normalized spacial score (nSPS) is 10.5. The largest absolute Gasteiger partial charge is 0.350 e. The van der Waals surface area contributed by atoms with E-state index in [0.29, 0.717) is 21.4 Å². The zero-order valence-electron chi connectivity index (χ0n) is 13.6. The zero-order chi connectivity index (χ0) is 18.5. The predicted molar refractivity (Wildman–Crippen MR) is 98.5 cm³/mol. The lowest BCUT2D eigenvalue weighted by atomic mass is 10.1. The van der Waals surface area contributed by atoms with Gasteiger partial charge >= 0.3 is 0 Å². The van der Waals surface area contributed by atoms with Gasteiger partial charge in [0, 0.05) is 29.1 Å². The lowest BCUT2D eigenvalue weighted by Gasteiger charge is -2.08. The number of carbonyl (C=O) groups excluding carboxylic acids is 2. The molecular formula is C18H15ClN4O3. The number of fused-ring (bicyclic) bond motifs is 1. The number of hydrogen-bond donors (Lipinski definition) is 3. The van der Waals surface area contributed by atoms with Gasteiger partial charge in [0.15, 0.2) is 5.69 Å². The molecule has 3 aromatic rings. The average molecular weight is 371 g/mol. The van der Waals surface area contributed by atoms with Crippen LogP contribution in [0.15, 0.2) is 53.3 Å². The molecule has 0 saturated heterocycles. The molecular weight excluding hydrogens is 356 g/mol. The maximum Gasteiger partial charge on any atom is 0.272 e.